The largest absolute Gasteiger partial charge is 0.465 e. The van der Waals surface area contributed by atoms with Crippen LogP contribution in [0.25, 0.3) is 5.65 Å². The van der Waals surface area contributed by atoms with Gasteiger partial charge in [-0.2, -0.15) is 5.10 Å². The molecule has 0 saturated heterocycles. The fraction of sp³-hybridized carbons (Fsp3) is 0.125. The minimum absolute atomic E-state index is 0.484. The van der Waals surface area contributed by atoms with Crippen molar-refractivity contribution in [1.29, 1.82) is 0 Å². The Morgan fingerprint density at radius 2 is 2.43 bits per heavy atom. The van der Waals surface area contributed by atoms with Crippen molar-refractivity contribution in [2.75, 3.05) is 5.32 Å². The number of amides is 1. The molecule has 2 N–H and O–H groups in total. The molecule has 0 atom stereocenters. The van der Waals surface area contributed by atoms with Crippen molar-refractivity contribution in [3.8, 4) is 0 Å². The summed E-state index contributed by atoms with van der Waals surface area (Å²) in [6.07, 6.45) is 0.561. The first-order valence-corrected chi connectivity index (χ1v) is 3.98. The first-order chi connectivity index (χ1) is 6.65. The summed E-state index contributed by atoms with van der Waals surface area (Å²) in [6, 6.07) is 3.24. The topological polar surface area (TPSA) is 79.5 Å². The first kappa shape index (κ1) is 8.49. The highest BCUT2D eigenvalue weighted by Gasteiger charge is 2.02. The molecule has 0 spiro atoms. The normalized spacial score (nSPS) is 10.4. The second kappa shape index (κ2) is 2.99. The van der Waals surface area contributed by atoms with Crippen molar-refractivity contribution < 1.29 is 9.90 Å². The van der Waals surface area contributed by atoms with Gasteiger partial charge in [-0.05, 0) is 13.0 Å². The Hall–Kier alpha value is -2.11. The van der Waals surface area contributed by atoms with Crippen LogP contribution in [0.4, 0.5) is 10.5 Å². The average molecular weight is 192 g/mol. The number of nitrogens with zero attached hydrogens (tertiary/aromatic N) is 3. The second-order valence-electron chi connectivity index (χ2n) is 2.81. The van der Waals surface area contributed by atoms with Crippen LogP contribution in [-0.2, 0) is 0 Å². The average Bonchev–Trinajstić information content (AvgIpc) is 2.42. The molecular formula is C8H8N4O2. The van der Waals surface area contributed by atoms with Crippen molar-refractivity contribution in [2.45, 2.75) is 6.92 Å². The van der Waals surface area contributed by atoms with Crippen molar-refractivity contribution in [1.82, 2.24) is 14.6 Å². The lowest BCUT2D eigenvalue weighted by Crippen LogP contribution is -2.07. The third kappa shape index (κ3) is 1.49. The number of fused-ring (bicyclic) bond motifs is 1. The van der Waals surface area contributed by atoms with E-state index in [1.165, 1.54) is 0 Å². The molecule has 0 radical (unpaired) electrons. The van der Waals surface area contributed by atoms with Gasteiger partial charge in [0.05, 0.1) is 0 Å². The fourth-order valence-corrected chi connectivity index (χ4v) is 1.19. The monoisotopic (exact) mass is 192 g/mol. The Morgan fingerprint density at radius 3 is 3.14 bits per heavy atom. The smallest absolute Gasteiger partial charge is 0.409 e. The number of aromatic nitrogens is 3. The van der Waals surface area contributed by atoms with Crippen LogP contribution >= 0.6 is 0 Å². The molecule has 0 bridgehead atoms. The summed E-state index contributed by atoms with van der Waals surface area (Å²) in [4.78, 5) is 14.5. The van der Waals surface area contributed by atoms with Crippen LogP contribution in [0.3, 0.4) is 0 Å². The Bertz CT molecular complexity index is 491. The van der Waals surface area contributed by atoms with E-state index in [-0.39, 0.29) is 0 Å². The number of carbonyl (C=O) groups is 1. The van der Waals surface area contributed by atoms with Gasteiger partial charge in [0.15, 0.2) is 5.65 Å². The summed E-state index contributed by atoms with van der Waals surface area (Å²) >= 11 is 0. The van der Waals surface area contributed by atoms with Gasteiger partial charge < -0.3 is 5.11 Å². The Morgan fingerprint density at radius 1 is 1.64 bits per heavy atom. The molecule has 2 rings (SSSR count). The SMILES string of the molecule is Cc1nc2cc(NC(=O)O)ccn2n1. The van der Waals surface area contributed by atoms with Gasteiger partial charge in [-0.25, -0.2) is 14.3 Å². The van der Waals surface area contributed by atoms with Crippen molar-refractivity contribution in [3.05, 3.63) is 24.2 Å². The maximum atomic E-state index is 10.4. The van der Waals surface area contributed by atoms with Crippen LogP contribution in [-0.4, -0.2) is 25.8 Å². The highest BCUT2D eigenvalue weighted by Crippen LogP contribution is 2.09. The molecule has 0 unspecified atom stereocenters. The number of hydrogen-bond acceptors (Lipinski definition) is 3. The van der Waals surface area contributed by atoms with E-state index >= 15 is 0 Å². The second-order valence-corrected chi connectivity index (χ2v) is 2.81. The zero-order valence-corrected chi connectivity index (χ0v) is 7.43. The molecule has 0 aliphatic carbocycles. The fourth-order valence-electron chi connectivity index (χ4n) is 1.19. The minimum Gasteiger partial charge on any atom is -0.465 e. The van der Waals surface area contributed by atoms with Crippen molar-refractivity contribution in [3.63, 3.8) is 0 Å². The predicted octanol–water partition coefficient (Wildman–Crippen LogP) is 1.13. The van der Waals surface area contributed by atoms with E-state index in [0.29, 0.717) is 17.2 Å². The molecule has 0 fully saturated rings. The lowest BCUT2D eigenvalue weighted by molar-refractivity contribution is 0.210. The summed E-state index contributed by atoms with van der Waals surface area (Å²) < 4.78 is 1.59. The zero-order valence-electron chi connectivity index (χ0n) is 7.43. The zero-order chi connectivity index (χ0) is 10.1. The quantitative estimate of drug-likeness (QED) is 0.709. The van der Waals surface area contributed by atoms with E-state index < -0.39 is 6.09 Å². The minimum atomic E-state index is -1.09. The van der Waals surface area contributed by atoms with Gasteiger partial charge in [0.25, 0.3) is 0 Å². The highest BCUT2D eigenvalue weighted by atomic mass is 16.4. The van der Waals surface area contributed by atoms with Gasteiger partial charge in [0, 0.05) is 18.0 Å². The van der Waals surface area contributed by atoms with Crippen molar-refractivity contribution in [2.24, 2.45) is 0 Å². The molecule has 2 aromatic heterocycles. The first-order valence-electron chi connectivity index (χ1n) is 3.98. The number of pyridine rings is 1. The standard InChI is InChI=1S/C8H8N4O2/c1-5-9-7-4-6(10-8(13)14)2-3-12(7)11-5/h2-4,10H,1H3,(H,13,14). The van der Waals surface area contributed by atoms with Gasteiger partial charge in [-0.1, -0.05) is 0 Å². The summed E-state index contributed by atoms with van der Waals surface area (Å²) in [6.45, 7) is 1.78. The number of rotatable bonds is 1. The molecule has 2 aromatic rings. The van der Waals surface area contributed by atoms with Gasteiger partial charge in [-0.3, -0.25) is 5.32 Å². The molecule has 0 aliphatic rings. The number of hydrogen-bond donors (Lipinski definition) is 2. The molecule has 14 heavy (non-hydrogen) atoms. The van der Waals surface area contributed by atoms with Gasteiger partial charge in [0.1, 0.15) is 5.82 Å². The molecule has 0 saturated carbocycles. The van der Waals surface area contributed by atoms with Crippen LogP contribution in [0.5, 0.6) is 0 Å². The molecule has 72 valence electrons. The molecule has 1 amide bonds. The van der Waals surface area contributed by atoms with Crippen LogP contribution in [0.2, 0.25) is 0 Å². The summed E-state index contributed by atoms with van der Waals surface area (Å²) in [7, 11) is 0. The van der Waals surface area contributed by atoms with Crippen LogP contribution in [0, 0.1) is 6.92 Å². The molecule has 0 aromatic carbocycles. The number of nitrogens with one attached hydrogen (secondary N) is 1. The van der Waals surface area contributed by atoms with Crippen LogP contribution in [0.15, 0.2) is 18.3 Å². The molecule has 0 aliphatic heterocycles. The van der Waals surface area contributed by atoms with E-state index in [1.807, 2.05) is 0 Å². The third-order valence-electron chi connectivity index (χ3n) is 1.69. The molecule has 6 heteroatoms. The number of carboxylic acid groups (broad SMARTS) is 1. The van der Waals surface area contributed by atoms with E-state index in [9.17, 15) is 4.79 Å². The Balaban J connectivity index is 2.45. The number of anilines is 1. The highest BCUT2D eigenvalue weighted by molar-refractivity contribution is 5.83. The van der Waals surface area contributed by atoms with E-state index in [2.05, 4.69) is 15.4 Å². The lowest BCUT2D eigenvalue weighted by atomic mass is 10.4. The van der Waals surface area contributed by atoms with Gasteiger partial charge in [-0.15, -0.1) is 0 Å². The lowest BCUT2D eigenvalue weighted by Gasteiger charge is -1.99. The van der Waals surface area contributed by atoms with Gasteiger partial charge >= 0.3 is 6.09 Å². The van der Waals surface area contributed by atoms with Crippen LogP contribution in [0.1, 0.15) is 5.82 Å². The molecule has 2 heterocycles. The van der Waals surface area contributed by atoms with E-state index in [4.69, 9.17) is 5.11 Å². The van der Waals surface area contributed by atoms with Crippen LogP contribution < -0.4 is 5.32 Å². The Labute approximate surface area is 79.2 Å². The maximum absolute atomic E-state index is 10.4. The molecular weight excluding hydrogens is 184 g/mol. The number of aryl methyl sites for hydroxylation is 1. The van der Waals surface area contributed by atoms with Gasteiger partial charge in [0.2, 0.25) is 0 Å². The summed E-state index contributed by atoms with van der Waals surface area (Å²) in [5.41, 5.74) is 1.10. The van der Waals surface area contributed by atoms with E-state index in [0.717, 1.165) is 0 Å². The Kier molecular flexibility index (Phi) is 1.81. The molecule has 6 nitrogen and oxygen atoms in total. The van der Waals surface area contributed by atoms with Crippen molar-refractivity contribution >= 4 is 17.4 Å². The maximum Gasteiger partial charge on any atom is 0.409 e. The summed E-state index contributed by atoms with van der Waals surface area (Å²) in [5.74, 6) is 0.650. The third-order valence-corrected chi connectivity index (χ3v) is 1.69. The van der Waals surface area contributed by atoms with E-state index in [1.54, 1.807) is 29.8 Å². The predicted molar refractivity (Wildman–Crippen MR) is 49.4 cm³/mol. The summed E-state index contributed by atoms with van der Waals surface area (Å²) in [5, 5.41) is 14.8.